The standard InChI is InChI=1S/C29H35N3O5/c1-18-6-4-7-19(2)25(18)30-26(33)27(34)31-29-13-5-8-24(29)32(15-14-29)28(35)21-11-12-22(36-3)23(16-21)37-17-20-9-10-20/h4,6-7,11-12,16,20,24H,5,8-10,13-15,17H2,1-3H3,(H,30,33)(H,31,34)/t24-,29+/m0/s1. The van der Waals surface area contributed by atoms with E-state index in [0.717, 1.165) is 30.4 Å². The van der Waals surface area contributed by atoms with Gasteiger partial charge in [0.05, 0.1) is 25.3 Å². The molecule has 2 saturated carbocycles. The number of rotatable bonds is 7. The second-order valence-corrected chi connectivity index (χ2v) is 10.6. The molecule has 3 fully saturated rings. The summed E-state index contributed by atoms with van der Waals surface area (Å²) < 4.78 is 11.4. The van der Waals surface area contributed by atoms with Crippen molar-refractivity contribution in [2.45, 2.75) is 64.0 Å². The lowest BCUT2D eigenvalue weighted by molar-refractivity contribution is -0.137. The molecule has 2 aromatic rings. The van der Waals surface area contributed by atoms with Gasteiger partial charge in [-0.2, -0.15) is 0 Å². The molecule has 0 radical (unpaired) electrons. The van der Waals surface area contributed by atoms with Crippen LogP contribution in [0.2, 0.25) is 0 Å². The monoisotopic (exact) mass is 505 g/mol. The normalized spacial score (nSPS) is 22.4. The first kappa shape index (κ1) is 25.1. The van der Waals surface area contributed by atoms with Gasteiger partial charge in [-0.3, -0.25) is 14.4 Å². The highest BCUT2D eigenvalue weighted by Gasteiger charge is 2.53. The molecule has 0 bridgehead atoms. The van der Waals surface area contributed by atoms with Gasteiger partial charge in [-0.15, -0.1) is 0 Å². The molecule has 2 aromatic carbocycles. The molecule has 5 rings (SSSR count). The minimum Gasteiger partial charge on any atom is -0.493 e. The smallest absolute Gasteiger partial charge is 0.313 e. The third-order valence-electron chi connectivity index (χ3n) is 8.04. The van der Waals surface area contributed by atoms with Crippen LogP contribution in [0.25, 0.3) is 0 Å². The summed E-state index contributed by atoms with van der Waals surface area (Å²) in [7, 11) is 1.59. The number of carbonyl (C=O) groups excluding carboxylic acids is 3. The van der Waals surface area contributed by atoms with E-state index in [2.05, 4.69) is 10.6 Å². The quantitative estimate of drug-likeness (QED) is 0.555. The molecule has 0 unspecified atom stereocenters. The summed E-state index contributed by atoms with van der Waals surface area (Å²) in [5.74, 6) is 0.322. The van der Waals surface area contributed by atoms with Crippen LogP contribution in [0, 0.1) is 19.8 Å². The maximum Gasteiger partial charge on any atom is 0.313 e. The number of methoxy groups -OCH3 is 1. The summed E-state index contributed by atoms with van der Waals surface area (Å²) >= 11 is 0. The van der Waals surface area contributed by atoms with Crippen molar-refractivity contribution in [1.82, 2.24) is 10.2 Å². The van der Waals surface area contributed by atoms with E-state index >= 15 is 0 Å². The van der Waals surface area contributed by atoms with Crippen molar-refractivity contribution in [3.63, 3.8) is 0 Å². The van der Waals surface area contributed by atoms with Gasteiger partial charge in [-0.1, -0.05) is 18.2 Å². The lowest BCUT2D eigenvalue weighted by Gasteiger charge is -2.33. The van der Waals surface area contributed by atoms with E-state index in [1.807, 2.05) is 36.9 Å². The van der Waals surface area contributed by atoms with Gasteiger partial charge in [0, 0.05) is 17.8 Å². The van der Waals surface area contributed by atoms with E-state index in [9.17, 15) is 14.4 Å². The second-order valence-electron chi connectivity index (χ2n) is 10.6. The van der Waals surface area contributed by atoms with Gasteiger partial charge in [0.1, 0.15) is 0 Å². The van der Waals surface area contributed by atoms with Crippen molar-refractivity contribution >= 4 is 23.4 Å². The summed E-state index contributed by atoms with van der Waals surface area (Å²) in [5.41, 5.74) is 2.40. The Balaban J connectivity index is 1.29. The number of amides is 3. The molecule has 2 aliphatic carbocycles. The number of fused-ring (bicyclic) bond motifs is 1. The summed E-state index contributed by atoms with van der Waals surface area (Å²) in [6.07, 6.45) is 5.37. The summed E-state index contributed by atoms with van der Waals surface area (Å²) in [6.45, 7) is 4.94. The Morgan fingerprint density at radius 3 is 2.46 bits per heavy atom. The summed E-state index contributed by atoms with van der Waals surface area (Å²) in [6, 6.07) is 10.8. The first-order valence-electron chi connectivity index (χ1n) is 13.1. The lowest BCUT2D eigenvalue weighted by atomic mass is 9.92. The number of benzene rings is 2. The fraction of sp³-hybridized carbons (Fsp3) is 0.483. The third-order valence-corrected chi connectivity index (χ3v) is 8.04. The van der Waals surface area contributed by atoms with Crippen molar-refractivity contribution < 1.29 is 23.9 Å². The van der Waals surface area contributed by atoms with E-state index in [4.69, 9.17) is 9.47 Å². The molecule has 37 heavy (non-hydrogen) atoms. The molecule has 196 valence electrons. The largest absolute Gasteiger partial charge is 0.493 e. The topological polar surface area (TPSA) is 97.0 Å². The predicted molar refractivity (Wildman–Crippen MR) is 140 cm³/mol. The molecule has 2 atom stereocenters. The highest BCUT2D eigenvalue weighted by Crippen LogP contribution is 2.43. The van der Waals surface area contributed by atoms with Crippen LogP contribution in [0.3, 0.4) is 0 Å². The third kappa shape index (κ3) is 5.02. The van der Waals surface area contributed by atoms with E-state index in [-0.39, 0.29) is 11.9 Å². The fourth-order valence-electron chi connectivity index (χ4n) is 5.77. The maximum atomic E-state index is 13.6. The van der Waals surface area contributed by atoms with Crippen LogP contribution in [0.1, 0.15) is 60.0 Å². The number of nitrogens with one attached hydrogen (secondary N) is 2. The van der Waals surface area contributed by atoms with E-state index in [1.54, 1.807) is 25.3 Å². The van der Waals surface area contributed by atoms with Crippen LogP contribution < -0.4 is 20.1 Å². The van der Waals surface area contributed by atoms with Gasteiger partial charge in [-0.25, -0.2) is 0 Å². The van der Waals surface area contributed by atoms with E-state index in [0.29, 0.717) is 48.2 Å². The molecular weight excluding hydrogens is 470 g/mol. The molecule has 0 aromatic heterocycles. The number of anilines is 1. The van der Waals surface area contributed by atoms with Gasteiger partial charge in [0.2, 0.25) is 0 Å². The summed E-state index contributed by atoms with van der Waals surface area (Å²) in [5, 5.41) is 5.80. The van der Waals surface area contributed by atoms with Crippen LogP contribution >= 0.6 is 0 Å². The Hall–Kier alpha value is -3.55. The highest BCUT2D eigenvalue weighted by molar-refractivity contribution is 6.40. The Morgan fingerprint density at radius 1 is 1.00 bits per heavy atom. The number of ether oxygens (including phenoxy) is 2. The first-order chi connectivity index (χ1) is 17.8. The van der Waals surface area contributed by atoms with Crippen molar-refractivity contribution in [3.8, 4) is 11.5 Å². The molecule has 0 spiro atoms. The van der Waals surface area contributed by atoms with Crippen LogP contribution in [0.4, 0.5) is 5.69 Å². The molecule has 1 heterocycles. The number of hydrogen-bond donors (Lipinski definition) is 2. The molecule has 1 saturated heterocycles. The number of hydrogen-bond acceptors (Lipinski definition) is 5. The predicted octanol–water partition coefficient (Wildman–Crippen LogP) is 3.99. The Morgan fingerprint density at radius 2 is 1.76 bits per heavy atom. The number of likely N-dealkylation sites (tertiary alicyclic amines) is 1. The van der Waals surface area contributed by atoms with Crippen LogP contribution in [0.5, 0.6) is 11.5 Å². The number of aryl methyl sites for hydroxylation is 2. The SMILES string of the molecule is COc1ccc(C(=O)N2CC[C@]3(NC(=O)C(=O)Nc4c(C)cccc4C)CCC[C@H]23)cc1OCC1CC1. The molecule has 8 heteroatoms. The highest BCUT2D eigenvalue weighted by atomic mass is 16.5. The van der Waals surface area contributed by atoms with Gasteiger partial charge in [-0.05, 0) is 87.6 Å². The molecular formula is C29H35N3O5. The Labute approximate surface area is 217 Å². The number of carbonyl (C=O) groups is 3. The molecule has 8 nitrogen and oxygen atoms in total. The average molecular weight is 506 g/mol. The fourth-order valence-corrected chi connectivity index (χ4v) is 5.77. The van der Waals surface area contributed by atoms with Crippen molar-refractivity contribution in [2.24, 2.45) is 5.92 Å². The van der Waals surface area contributed by atoms with Crippen molar-refractivity contribution in [3.05, 3.63) is 53.1 Å². The molecule has 1 aliphatic heterocycles. The summed E-state index contributed by atoms with van der Waals surface area (Å²) in [4.78, 5) is 41.3. The van der Waals surface area contributed by atoms with Crippen LogP contribution in [-0.4, -0.2) is 54.5 Å². The zero-order chi connectivity index (χ0) is 26.2. The number of para-hydroxylation sites is 1. The Kier molecular flexibility index (Phi) is 6.84. The van der Waals surface area contributed by atoms with Gasteiger partial charge in [0.25, 0.3) is 5.91 Å². The van der Waals surface area contributed by atoms with Crippen molar-refractivity contribution in [1.29, 1.82) is 0 Å². The zero-order valence-corrected chi connectivity index (χ0v) is 21.8. The molecule has 3 aliphatic rings. The van der Waals surface area contributed by atoms with Gasteiger partial charge in [0.15, 0.2) is 11.5 Å². The van der Waals surface area contributed by atoms with E-state index < -0.39 is 17.4 Å². The minimum absolute atomic E-state index is 0.0954. The zero-order valence-electron chi connectivity index (χ0n) is 21.8. The Bertz CT molecular complexity index is 1200. The average Bonchev–Trinajstić information content (AvgIpc) is 3.54. The lowest BCUT2D eigenvalue weighted by Crippen LogP contribution is -2.56. The maximum absolute atomic E-state index is 13.6. The number of nitrogens with zero attached hydrogens (tertiary/aromatic N) is 1. The van der Waals surface area contributed by atoms with Crippen molar-refractivity contribution in [2.75, 3.05) is 25.6 Å². The van der Waals surface area contributed by atoms with Gasteiger partial charge >= 0.3 is 11.8 Å². The van der Waals surface area contributed by atoms with Crippen LogP contribution in [-0.2, 0) is 9.59 Å². The molecule has 2 N–H and O–H groups in total. The van der Waals surface area contributed by atoms with E-state index in [1.165, 1.54) is 12.8 Å². The second kappa shape index (κ2) is 10.1. The first-order valence-corrected chi connectivity index (χ1v) is 13.1. The molecule has 3 amide bonds. The van der Waals surface area contributed by atoms with Crippen LogP contribution in [0.15, 0.2) is 36.4 Å². The minimum atomic E-state index is -0.685. The van der Waals surface area contributed by atoms with Gasteiger partial charge < -0.3 is 25.0 Å².